The Kier molecular flexibility index (Phi) is 4.63. The monoisotopic (exact) mass is 341 g/mol. The second kappa shape index (κ2) is 6.86. The Hall–Kier alpha value is -2.99. The van der Waals surface area contributed by atoms with Gasteiger partial charge in [-0.05, 0) is 36.8 Å². The van der Waals surface area contributed by atoms with Gasteiger partial charge in [-0.2, -0.15) is 0 Å². The van der Waals surface area contributed by atoms with E-state index >= 15 is 0 Å². The van der Waals surface area contributed by atoms with E-state index < -0.39 is 11.6 Å². The molecule has 1 aliphatic heterocycles. The predicted molar refractivity (Wildman–Crippen MR) is 92.5 cm³/mol. The number of ether oxygens (including phenoxy) is 2. The van der Waals surface area contributed by atoms with Crippen molar-refractivity contribution in [2.24, 2.45) is 0 Å². The number of hydrogen-bond acceptors (Lipinski definition) is 5. The summed E-state index contributed by atoms with van der Waals surface area (Å²) in [5, 5.41) is 9.12. The van der Waals surface area contributed by atoms with Gasteiger partial charge in [0, 0.05) is 0 Å². The van der Waals surface area contributed by atoms with Gasteiger partial charge in [-0.15, -0.1) is 0 Å². The number of carbonyl (C=O) groups is 1. The third kappa shape index (κ3) is 3.75. The average molecular weight is 341 g/mol. The average Bonchev–Trinajstić information content (AvgIpc) is 3.03. The second-order valence-electron chi connectivity index (χ2n) is 5.90. The van der Waals surface area contributed by atoms with Crippen LogP contribution in [0.3, 0.4) is 0 Å². The van der Waals surface area contributed by atoms with E-state index in [2.05, 4.69) is 5.48 Å². The van der Waals surface area contributed by atoms with Crippen molar-refractivity contribution in [3.63, 3.8) is 0 Å². The molecule has 1 unspecified atom stereocenters. The molecule has 0 bridgehead atoms. The van der Waals surface area contributed by atoms with Crippen molar-refractivity contribution in [2.45, 2.75) is 12.5 Å². The van der Waals surface area contributed by atoms with E-state index in [0.29, 0.717) is 11.5 Å². The fourth-order valence-corrected chi connectivity index (χ4v) is 2.51. The van der Waals surface area contributed by atoms with Gasteiger partial charge in [0.15, 0.2) is 11.5 Å². The first-order chi connectivity index (χ1) is 12.0. The molecule has 0 amide bonds. The largest absolute Gasteiger partial charge is 0.493 e. The zero-order valence-electron chi connectivity index (χ0n) is 14.0. The van der Waals surface area contributed by atoms with Crippen molar-refractivity contribution in [3.8, 4) is 11.5 Å². The highest BCUT2D eigenvalue weighted by Gasteiger charge is 2.31. The third-order valence-electron chi connectivity index (χ3n) is 3.85. The number of benzene rings is 2. The minimum Gasteiger partial charge on any atom is -0.493 e. The summed E-state index contributed by atoms with van der Waals surface area (Å²) >= 11 is 0. The molecule has 25 heavy (non-hydrogen) atoms. The first-order valence-electron chi connectivity index (χ1n) is 7.77. The maximum absolute atomic E-state index is 11.1. The number of carboxylic acid groups (broad SMARTS) is 1. The quantitative estimate of drug-likeness (QED) is 0.841. The Bertz CT molecular complexity index is 803. The first kappa shape index (κ1) is 16.9. The molecule has 0 radical (unpaired) electrons. The van der Waals surface area contributed by atoms with Gasteiger partial charge in [0.2, 0.25) is 0 Å². The SMILES string of the molecule is COc1ccc(C(=O)O)cc1OCC1(C)C=C(c2ccccc2)NO1. The molecule has 1 aliphatic rings. The third-order valence-corrected chi connectivity index (χ3v) is 3.85. The van der Waals surface area contributed by atoms with Crippen molar-refractivity contribution >= 4 is 11.7 Å². The molecule has 2 aromatic rings. The molecule has 0 fully saturated rings. The van der Waals surface area contributed by atoms with Gasteiger partial charge in [-0.3, -0.25) is 10.3 Å². The molecule has 1 heterocycles. The first-order valence-corrected chi connectivity index (χ1v) is 7.77. The van der Waals surface area contributed by atoms with Gasteiger partial charge in [-0.1, -0.05) is 30.3 Å². The Balaban J connectivity index is 1.76. The lowest BCUT2D eigenvalue weighted by molar-refractivity contribution is -0.0476. The predicted octanol–water partition coefficient (Wildman–Crippen LogP) is 3.11. The van der Waals surface area contributed by atoms with Crippen LogP contribution in [0.15, 0.2) is 54.6 Å². The Labute approximate surface area is 145 Å². The van der Waals surface area contributed by atoms with Gasteiger partial charge < -0.3 is 14.6 Å². The molecule has 1 atom stereocenters. The maximum Gasteiger partial charge on any atom is 0.335 e. The van der Waals surface area contributed by atoms with Crippen LogP contribution >= 0.6 is 0 Å². The Morgan fingerprint density at radius 1 is 1.20 bits per heavy atom. The van der Waals surface area contributed by atoms with Crippen molar-refractivity contribution in [1.29, 1.82) is 0 Å². The summed E-state index contributed by atoms with van der Waals surface area (Å²) in [7, 11) is 1.51. The highest BCUT2D eigenvalue weighted by Crippen LogP contribution is 2.31. The van der Waals surface area contributed by atoms with Gasteiger partial charge in [0.05, 0.1) is 18.4 Å². The number of aromatic carboxylic acids is 1. The summed E-state index contributed by atoms with van der Waals surface area (Å²) in [5.74, 6) is -0.204. The number of hydrogen-bond donors (Lipinski definition) is 2. The molecule has 3 rings (SSSR count). The summed E-state index contributed by atoms with van der Waals surface area (Å²) in [5.41, 5.74) is 4.22. The number of nitrogens with one attached hydrogen (secondary N) is 1. The topological polar surface area (TPSA) is 77.0 Å². The number of hydroxylamine groups is 1. The fourth-order valence-electron chi connectivity index (χ4n) is 2.51. The lowest BCUT2D eigenvalue weighted by atomic mass is 10.0. The highest BCUT2D eigenvalue weighted by atomic mass is 16.7. The molecule has 0 aromatic heterocycles. The van der Waals surface area contributed by atoms with Crippen molar-refractivity contribution in [3.05, 3.63) is 65.7 Å². The zero-order chi connectivity index (χ0) is 17.9. The van der Waals surface area contributed by atoms with Crippen LogP contribution in [-0.4, -0.2) is 30.4 Å². The van der Waals surface area contributed by atoms with E-state index in [1.807, 2.05) is 43.3 Å². The van der Waals surface area contributed by atoms with Gasteiger partial charge in [0.1, 0.15) is 12.2 Å². The van der Waals surface area contributed by atoms with Gasteiger partial charge >= 0.3 is 5.97 Å². The number of rotatable bonds is 6. The van der Waals surface area contributed by atoms with Gasteiger partial charge in [-0.25, -0.2) is 4.79 Å². The summed E-state index contributed by atoms with van der Waals surface area (Å²) in [6.07, 6.45) is 1.94. The van der Waals surface area contributed by atoms with E-state index in [0.717, 1.165) is 11.3 Å². The van der Waals surface area contributed by atoms with Crippen LogP contribution < -0.4 is 15.0 Å². The Morgan fingerprint density at radius 3 is 2.64 bits per heavy atom. The summed E-state index contributed by atoms with van der Waals surface area (Å²) < 4.78 is 11.0. The van der Waals surface area contributed by atoms with Crippen molar-refractivity contribution < 1.29 is 24.2 Å². The highest BCUT2D eigenvalue weighted by molar-refractivity contribution is 5.88. The van der Waals surface area contributed by atoms with Crippen molar-refractivity contribution in [2.75, 3.05) is 13.7 Å². The van der Waals surface area contributed by atoms with E-state index in [1.54, 1.807) is 6.07 Å². The molecule has 0 saturated carbocycles. The molecule has 0 aliphatic carbocycles. The lowest BCUT2D eigenvalue weighted by Crippen LogP contribution is -2.33. The van der Waals surface area contributed by atoms with Gasteiger partial charge in [0.25, 0.3) is 0 Å². The van der Waals surface area contributed by atoms with Crippen LogP contribution in [-0.2, 0) is 4.84 Å². The smallest absolute Gasteiger partial charge is 0.335 e. The van der Waals surface area contributed by atoms with Crippen molar-refractivity contribution in [1.82, 2.24) is 5.48 Å². The van der Waals surface area contributed by atoms with E-state index in [1.165, 1.54) is 19.2 Å². The maximum atomic E-state index is 11.1. The Morgan fingerprint density at radius 2 is 1.96 bits per heavy atom. The summed E-state index contributed by atoms with van der Waals surface area (Å²) in [6.45, 7) is 2.07. The minimum absolute atomic E-state index is 0.131. The van der Waals surface area contributed by atoms with E-state index in [9.17, 15) is 4.79 Å². The molecule has 2 N–H and O–H groups in total. The molecule has 2 aromatic carbocycles. The van der Waals surface area contributed by atoms with Crippen LogP contribution in [0.4, 0.5) is 0 Å². The molecule has 0 saturated heterocycles. The second-order valence-corrected chi connectivity index (χ2v) is 5.90. The zero-order valence-corrected chi connectivity index (χ0v) is 14.0. The normalized spacial score (nSPS) is 19.0. The van der Waals surface area contributed by atoms with Crippen LogP contribution in [0.2, 0.25) is 0 Å². The summed E-state index contributed by atoms with van der Waals surface area (Å²) in [4.78, 5) is 16.8. The number of carboxylic acids is 1. The minimum atomic E-state index is -1.02. The van der Waals surface area contributed by atoms with Crippen LogP contribution in [0, 0.1) is 0 Å². The lowest BCUT2D eigenvalue weighted by Gasteiger charge is -2.21. The molecular formula is C19H19NO5. The fraction of sp³-hybridized carbons (Fsp3) is 0.211. The van der Waals surface area contributed by atoms with E-state index in [-0.39, 0.29) is 12.2 Å². The van der Waals surface area contributed by atoms with E-state index in [4.69, 9.17) is 19.4 Å². The molecule has 6 nitrogen and oxygen atoms in total. The molecule has 6 heteroatoms. The summed E-state index contributed by atoms with van der Waals surface area (Å²) in [6, 6.07) is 14.3. The van der Waals surface area contributed by atoms with Crippen LogP contribution in [0.1, 0.15) is 22.8 Å². The standard InChI is InChI=1S/C19H19NO5/c1-19(11-15(20-25-19)13-6-4-3-5-7-13)12-24-17-10-14(18(21)22)8-9-16(17)23-2/h3-11,20H,12H2,1-2H3,(H,21,22). The molecule has 0 spiro atoms. The number of methoxy groups -OCH3 is 1. The molecule has 130 valence electrons. The van der Waals surface area contributed by atoms with Crippen LogP contribution in [0.5, 0.6) is 11.5 Å². The molecular weight excluding hydrogens is 322 g/mol. The van der Waals surface area contributed by atoms with Crippen LogP contribution in [0.25, 0.3) is 5.70 Å².